The Bertz CT molecular complexity index is 2120. The smallest absolute Gasteiger partial charge is 0.410 e. The van der Waals surface area contributed by atoms with Gasteiger partial charge in [-0.2, -0.15) is 0 Å². The second-order valence-corrected chi connectivity index (χ2v) is 14.8. The molecule has 3 N–H and O–H groups in total. The van der Waals surface area contributed by atoms with Crippen molar-refractivity contribution in [2.45, 2.75) is 65.3 Å². The number of nitrogens with zero attached hydrogens (tertiary/aromatic N) is 5. The molecule has 1 atom stereocenters. The van der Waals surface area contributed by atoms with Gasteiger partial charge in [0.2, 0.25) is 0 Å². The molecule has 52 heavy (non-hydrogen) atoms. The number of aromatic nitrogens is 3. The topological polar surface area (TPSA) is 151 Å². The largest absolute Gasteiger partial charge is 0.444 e. The zero-order chi connectivity index (χ0) is 37.5. The standard InChI is InChI=1S/C38H44ClN7O6/c1-22-25(9-7-11-28(22)41-34(48)27-17-23(18-43(5)36(27)50)19-45-15-13-24(47)20-45)26-10-8-12-29(32(26)39)42-35(49)33-40-30-21-46(16-14-31(30)44(33)6)37(51)52-38(2,3)4/h7-12,17-18,24,47H,13-16,19-21H2,1-6H3,(H,41,48)(H,42,49)/t24-/m1/s1. The van der Waals surface area contributed by atoms with Crippen LogP contribution in [0.5, 0.6) is 0 Å². The highest BCUT2D eigenvalue weighted by Gasteiger charge is 2.30. The summed E-state index contributed by atoms with van der Waals surface area (Å²) < 4.78 is 8.67. The molecule has 2 aromatic heterocycles. The summed E-state index contributed by atoms with van der Waals surface area (Å²) in [6.07, 6.45) is 2.13. The Morgan fingerprint density at radius 2 is 1.71 bits per heavy atom. The molecule has 2 aliphatic heterocycles. The maximum absolute atomic E-state index is 13.6. The molecule has 274 valence electrons. The normalized spacial score (nSPS) is 16.1. The number of β-amino-alcohol motifs (C(OH)–C–C–N with tert-alkyl or cyclic N) is 1. The quantitative estimate of drug-likeness (QED) is 0.238. The lowest BCUT2D eigenvalue weighted by molar-refractivity contribution is 0.0220. The first-order chi connectivity index (χ1) is 24.6. The summed E-state index contributed by atoms with van der Waals surface area (Å²) in [6.45, 7) is 9.77. The number of amides is 3. The Balaban J connectivity index is 1.19. The fraction of sp³-hybridized carbons (Fsp3) is 0.395. The van der Waals surface area contributed by atoms with Gasteiger partial charge < -0.3 is 34.5 Å². The van der Waals surface area contributed by atoms with E-state index in [1.807, 2.05) is 39.8 Å². The summed E-state index contributed by atoms with van der Waals surface area (Å²) in [5.41, 5.74) is 4.22. The van der Waals surface area contributed by atoms with E-state index in [0.29, 0.717) is 65.7 Å². The Kier molecular flexibility index (Phi) is 10.3. The van der Waals surface area contributed by atoms with E-state index in [1.165, 1.54) is 4.57 Å². The van der Waals surface area contributed by atoms with Crippen molar-refractivity contribution in [1.29, 1.82) is 0 Å². The number of halogens is 1. The second-order valence-electron chi connectivity index (χ2n) is 14.4. The second kappa shape index (κ2) is 14.6. The molecule has 0 unspecified atom stereocenters. The number of carbonyl (C=O) groups excluding carboxylic acids is 3. The minimum Gasteiger partial charge on any atom is -0.444 e. The number of aryl methyl sites for hydroxylation is 1. The summed E-state index contributed by atoms with van der Waals surface area (Å²) in [4.78, 5) is 61.1. The molecule has 0 spiro atoms. The lowest BCUT2D eigenvalue weighted by Gasteiger charge is -2.29. The molecule has 2 aromatic carbocycles. The number of hydrogen-bond donors (Lipinski definition) is 3. The molecule has 13 nitrogen and oxygen atoms in total. The van der Waals surface area contributed by atoms with Crippen molar-refractivity contribution in [1.82, 2.24) is 23.9 Å². The number of hydrogen-bond acceptors (Lipinski definition) is 8. The number of rotatable bonds is 7. The van der Waals surface area contributed by atoms with Gasteiger partial charge in [0.05, 0.1) is 29.1 Å². The number of aliphatic hydroxyl groups is 1. The van der Waals surface area contributed by atoms with Crippen molar-refractivity contribution < 1.29 is 24.2 Å². The molecule has 1 saturated heterocycles. The fourth-order valence-corrected chi connectivity index (χ4v) is 7.00. The number of likely N-dealkylation sites (tertiary alicyclic amines) is 1. The van der Waals surface area contributed by atoms with E-state index in [9.17, 15) is 24.3 Å². The van der Waals surface area contributed by atoms with Gasteiger partial charge >= 0.3 is 6.09 Å². The van der Waals surface area contributed by atoms with Crippen LogP contribution >= 0.6 is 11.6 Å². The highest BCUT2D eigenvalue weighted by Crippen LogP contribution is 2.38. The molecular formula is C38H44ClN7O6. The number of carbonyl (C=O) groups is 3. The Labute approximate surface area is 307 Å². The number of fused-ring (bicyclic) bond motifs is 1. The molecule has 14 heteroatoms. The number of imidazole rings is 1. The maximum Gasteiger partial charge on any atom is 0.410 e. The number of pyridine rings is 1. The molecule has 0 bridgehead atoms. The summed E-state index contributed by atoms with van der Waals surface area (Å²) >= 11 is 6.93. The van der Waals surface area contributed by atoms with Gasteiger partial charge in [0.15, 0.2) is 5.82 Å². The molecule has 0 radical (unpaired) electrons. The zero-order valence-electron chi connectivity index (χ0n) is 30.2. The van der Waals surface area contributed by atoms with Crippen LogP contribution in [0.2, 0.25) is 5.02 Å². The van der Waals surface area contributed by atoms with Crippen LogP contribution < -0.4 is 16.2 Å². The predicted molar refractivity (Wildman–Crippen MR) is 199 cm³/mol. The molecule has 0 aliphatic carbocycles. The zero-order valence-corrected chi connectivity index (χ0v) is 31.0. The maximum atomic E-state index is 13.6. The predicted octanol–water partition coefficient (Wildman–Crippen LogP) is 5.11. The van der Waals surface area contributed by atoms with E-state index in [1.54, 1.807) is 60.1 Å². The van der Waals surface area contributed by atoms with Gasteiger partial charge in [0.25, 0.3) is 17.4 Å². The minimum absolute atomic E-state index is 0.0146. The SMILES string of the molecule is Cc1c(NC(=O)c2cc(CN3CC[C@@H](O)C3)cn(C)c2=O)cccc1-c1cccc(NC(=O)c2nc3c(n2C)CCN(C(=O)OC(C)(C)C)C3)c1Cl. The lowest BCUT2D eigenvalue weighted by atomic mass is 9.98. The Morgan fingerprint density at radius 1 is 1.02 bits per heavy atom. The monoisotopic (exact) mass is 729 g/mol. The van der Waals surface area contributed by atoms with Gasteiger partial charge in [-0.25, -0.2) is 9.78 Å². The molecule has 4 aromatic rings. The highest BCUT2D eigenvalue weighted by atomic mass is 35.5. The molecular weight excluding hydrogens is 686 g/mol. The van der Waals surface area contributed by atoms with Crippen LogP contribution in [0.3, 0.4) is 0 Å². The molecule has 6 rings (SSSR count). The summed E-state index contributed by atoms with van der Waals surface area (Å²) in [5.74, 6) is -0.808. The van der Waals surface area contributed by atoms with Gasteiger partial charge in [0, 0.05) is 69.8 Å². The number of anilines is 2. The van der Waals surface area contributed by atoms with E-state index >= 15 is 0 Å². The van der Waals surface area contributed by atoms with E-state index in [0.717, 1.165) is 23.4 Å². The average molecular weight is 730 g/mol. The van der Waals surface area contributed by atoms with Crippen LogP contribution in [0.25, 0.3) is 11.1 Å². The molecule has 2 aliphatic rings. The number of ether oxygens (including phenoxy) is 1. The fourth-order valence-electron chi connectivity index (χ4n) is 6.73. The van der Waals surface area contributed by atoms with E-state index in [2.05, 4.69) is 20.5 Å². The molecule has 0 saturated carbocycles. The molecule has 1 fully saturated rings. The number of benzene rings is 2. The van der Waals surface area contributed by atoms with Crippen LogP contribution in [-0.2, 0) is 38.3 Å². The third-order valence-corrected chi connectivity index (χ3v) is 9.78. The van der Waals surface area contributed by atoms with Gasteiger partial charge in [-0.1, -0.05) is 35.9 Å². The summed E-state index contributed by atoms with van der Waals surface area (Å²) in [5, 5.41) is 16.0. The van der Waals surface area contributed by atoms with Crippen LogP contribution in [0, 0.1) is 6.92 Å². The van der Waals surface area contributed by atoms with E-state index in [-0.39, 0.29) is 24.0 Å². The van der Waals surface area contributed by atoms with Crippen molar-refractivity contribution >= 4 is 40.9 Å². The van der Waals surface area contributed by atoms with Gasteiger partial charge in [-0.15, -0.1) is 0 Å². The van der Waals surface area contributed by atoms with Gasteiger partial charge in [-0.05, 0) is 69.0 Å². The van der Waals surface area contributed by atoms with Gasteiger partial charge in [0.1, 0.15) is 11.2 Å². The van der Waals surface area contributed by atoms with Gasteiger partial charge in [-0.3, -0.25) is 19.3 Å². The van der Waals surface area contributed by atoms with Crippen LogP contribution in [0.1, 0.15) is 70.7 Å². The molecule has 4 heterocycles. The van der Waals surface area contributed by atoms with Crippen LogP contribution in [0.15, 0.2) is 53.5 Å². The number of aliphatic hydroxyl groups excluding tert-OH is 1. The Morgan fingerprint density at radius 3 is 2.40 bits per heavy atom. The number of nitrogens with one attached hydrogen (secondary N) is 2. The van der Waals surface area contributed by atoms with Crippen molar-refractivity contribution in [3.05, 3.63) is 97.9 Å². The average Bonchev–Trinajstić information content (AvgIpc) is 3.65. The van der Waals surface area contributed by atoms with E-state index in [4.69, 9.17) is 16.3 Å². The summed E-state index contributed by atoms with van der Waals surface area (Å²) in [7, 11) is 3.39. The van der Waals surface area contributed by atoms with Crippen LogP contribution in [0.4, 0.5) is 16.2 Å². The Hall–Kier alpha value is -4.98. The van der Waals surface area contributed by atoms with Crippen molar-refractivity contribution in [2.75, 3.05) is 30.3 Å². The van der Waals surface area contributed by atoms with E-state index < -0.39 is 29.1 Å². The van der Waals surface area contributed by atoms with Crippen molar-refractivity contribution in [3.8, 4) is 11.1 Å². The van der Waals surface area contributed by atoms with Crippen molar-refractivity contribution in [3.63, 3.8) is 0 Å². The summed E-state index contributed by atoms with van der Waals surface area (Å²) in [6, 6.07) is 12.3. The van der Waals surface area contributed by atoms with Crippen molar-refractivity contribution in [2.24, 2.45) is 14.1 Å². The first kappa shape index (κ1) is 36.8. The lowest BCUT2D eigenvalue weighted by Crippen LogP contribution is -2.40. The third kappa shape index (κ3) is 7.76. The third-order valence-electron chi connectivity index (χ3n) is 9.37. The highest BCUT2D eigenvalue weighted by molar-refractivity contribution is 6.36. The van der Waals surface area contributed by atoms with Crippen LogP contribution in [-0.4, -0.2) is 78.3 Å². The minimum atomic E-state index is -0.624. The first-order valence-corrected chi connectivity index (χ1v) is 17.6. The first-order valence-electron chi connectivity index (χ1n) is 17.2. The molecule has 3 amide bonds.